The van der Waals surface area contributed by atoms with Crippen LogP contribution in [-0.2, 0) is 0 Å². The zero-order valence-electron chi connectivity index (χ0n) is 13.4. The first kappa shape index (κ1) is 17.4. The molecule has 2 radical (unpaired) electrons. The topological polar surface area (TPSA) is 0 Å². The summed E-state index contributed by atoms with van der Waals surface area (Å²) in [5.74, 6) is 0.252. The number of hydrogen-bond donors (Lipinski definition) is 0. The standard InChI is InChI=1S/C19H21BCl2/c1-13-11-14(2)18(15(3)12-13)17(9-10-19(20,21)22)16-7-5-4-6-8-16/h4-8,11-12,17H,9-10H2,1-3H3. The Hall–Kier alpha value is -0.915. The molecule has 2 rings (SSSR count). The second-order valence-corrected chi connectivity index (χ2v) is 7.62. The molecule has 2 aromatic carbocycles. The predicted molar refractivity (Wildman–Crippen MR) is 98.4 cm³/mol. The number of aryl methyl sites for hydroxylation is 3. The van der Waals surface area contributed by atoms with Gasteiger partial charge in [-0.3, -0.25) is 0 Å². The van der Waals surface area contributed by atoms with Crippen molar-refractivity contribution >= 4 is 31.0 Å². The Morgan fingerprint density at radius 3 is 2.05 bits per heavy atom. The van der Waals surface area contributed by atoms with Crippen LogP contribution in [0, 0.1) is 20.8 Å². The largest absolute Gasteiger partial charge is 0.119 e. The molecule has 22 heavy (non-hydrogen) atoms. The van der Waals surface area contributed by atoms with Crippen LogP contribution in [0.4, 0.5) is 0 Å². The van der Waals surface area contributed by atoms with Crippen molar-refractivity contribution in [3.8, 4) is 0 Å². The Morgan fingerprint density at radius 2 is 1.55 bits per heavy atom. The summed E-state index contributed by atoms with van der Waals surface area (Å²) in [6.45, 7) is 6.47. The van der Waals surface area contributed by atoms with E-state index in [0.717, 1.165) is 6.42 Å². The highest BCUT2D eigenvalue weighted by Gasteiger charge is 2.23. The first-order chi connectivity index (χ1) is 10.3. The monoisotopic (exact) mass is 330 g/mol. The van der Waals surface area contributed by atoms with Gasteiger partial charge in [0.2, 0.25) is 0 Å². The Labute approximate surface area is 145 Å². The van der Waals surface area contributed by atoms with Crippen molar-refractivity contribution in [1.82, 2.24) is 0 Å². The molecule has 0 saturated carbocycles. The smallest absolute Gasteiger partial charge is 0.113 e. The van der Waals surface area contributed by atoms with Crippen LogP contribution in [-0.4, -0.2) is 12.1 Å². The fourth-order valence-corrected chi connectivity index (χ4v) is 3.46. The molecule has 0 N–H and O–H groups in total. The molecule has 1 unspecified atom stereocenters. The van der Waals surface area contributed by atoms with E-state index in [-0.39, 0.29) is 5.92 Å². The van der Waals surface area contributed by atoms with Gasteiger partial charge in [0, 0.05) is 5.92 Å². The maximum Gasteiger partial charge on any atom is 0.119 e. The van der Waals surface area contributed by atoms with E-state index in [1.807, 2.05) is 6.07 Å². The van der Waals surface area contributed by atoms with Crippen LogP contribution in [0.5, 0.6) is 0 Å². The minimum absolute atomic E-state index is 0.252. The summed E-state index contributed by atoms with van der Waals surface area (Å²) in [5.41, 5.74) is 6.52. The van der Waals surface area contributed by atoms with Gasteiger partial charge >= 0.3 is 0 Å². The van der Waals surface area contributed by atoms with Gasteiger partial charge in [-0.2, -0.15) is 0 Å². The van der Waals surface area contributed by atoms with Crippen LogP contribution < -0.4 is 0 Å². The van der Waals surface area contributed by atoms with E-state index in [1.54, 1.807) is 0 Å². The van der Waals surface area contributed by atoms with Crippen molar-refractivity contribution in [3.05, 3.63) is 70.3 Å². The first-order valence-corrected chi connectivity index (χ1v) is 8.33. The summed E-state index contributed by atoms with van der Waals surface area (Å²) >= 11 is 12.0. The average Bonchev–Trinajstić information content (AvgIpc) is 2.41. The first-order valence-electron chi connectivity index (χ1n) is 7.57. The Morgan fingerprint density at radius 1 is 1.00 bits per heavy atom. The zero-order chi connectivity index (χ0) is 16.3. The quantitative estimate of drug-likeness (QED) is 0.478. The lowest BCUT2D eigenvalue weighted by Gasteiger charge is -2.25. The third kappa shape index (κ3) is 4.54. The summed E-state index contributed by atoms with van der Waals surface area (Å²) < 4.78 is -1.18. The summed E-state index contributed by atoms with van der Waals surface area (Å²) in [4.78, 5) is 0. The van der Waals surface area contributed by atoms with E-state index in [4.69, 9.17) is 31.0 Å². The van der Waals surface area contributed by atoms with Gasteiger partial charge in [-0.15, -0.1) is 23.2 Å². The van der Waals surface area contributed by atoms with Gasteiger partial charge in [-0.25, -0.2) is 0 Å². The van der Waals surface area contributed by atoms with E-state index in [0.29, 0.717) is 6.42 Å². The fourth-order valence-electron chi connectivity index (χ4n) is 3.24. The SMILES string of the molecule is [B]C(Cl)(Cl)CCC(c1ccccc1)c1c(C)cc(C)cc1C. The van der Waals surface area contributed by atoms with Crippen molar-refractivity contribution in [2.45, 2.75) is 43.8 Å². The predicted octanol–water partition coefficient (Wildman–Crippen LogP) is 5.82. The second-order valence-electron chi connectivity index (χ2n) is 6.08. The lowest BCUT2D eigenvalue weighted by Crippen LogP contribution is -2.15. The number of halogens is 2. The van der Waals surface area contributed by atoms with E-state index in [1.165, 1.54) is 27.8 Å². The molecule has 0 bridgehead atoms. The summed E-state index contributed by atoms with van der Waals surface area (Å²) in [5, 5.41) is 0. The lowest BCUT2D eigenvalue weighted by atomic mass is 9.80. The van der Waals surface area contributed by atoms with Crippen molar-refractivity contribution in [2.75, 3.05) is 0 Å². The summed E-state index contributed by atoms with van der Waals surface area (Å²) in [7, 11) is 5.77. The molecule has 2 aromatic rings. The Bertz CT molecular complexity index is 607. The lowest BCUT2D eigenvalue weighted by molar-refractivity contribution is 0.665. The van der Waals surface area contributed by atoms with E-state index < -0.39 is 4.23 Å². The van der Waals surface area contributed by atoms with Crippen molar-refractivity contribution in [3.63, 3.8) is 0 Å². The zero-order valence-corrected chi connectivity index (χ0v) is 14.9. The summed E-state index contributed by atoms with van der Waals surface area (Å²) in [6.07, 6.45) is 1.36. The Balaban J connectivity index is 2.45. The highest BCUT2D eigenvalue weighted by molar-refractivity contribution is 6.65. The fraction of sp³-hybridized carbons (Fsp3) is 0.368. The molecule has 3 heteroatoms. The van der Waals surface area contributed by atoms with Gasteiger partial charge in [-0.05, 0) is 55.9 Å². The summed E-state index contributed by atoms with van der Waals surface area (Å²) in [6, 6.07) is 14.9. The van der Waals surface area contributed by atoms with Crippen molar-refractivity contribution < 1.29 is 0 Å². The number of benzene rings is 2. The van der Waals surface area contributed by atoms with Crippen LogP contribution in [0.15, 0.2) is 42.5 Å². The average molecular weight is 331 g/mol. The Kier molecular flexibility index (Phi) is 5.63. The van der Waals surface area contributed by atoms with Crippen LogP contribution >= 0.6 is 23.2 Å². The van der Waals surface area contributed by atoms with Gasteiger partial charge in [0.25, 0.3) is 0 Å². The molecule has 0 fully saturated rings. The molecule has 0 aliphatic rings. The van der Waals surface area contributed by atoms with E-state index >= 15 is 0 Å². The minimum Gasteiger partial charge on any atom is -0.113 e. The molecule has 0 aliphatic heterocycles. The molecular weight excluding hydrogens is 310 g/mol. The second kappa shape index (κ2) is 7.11. The molecule has 0 aromatic heterocycles. The highest BCUT2D eigenvalue weighted by atomic mass is 35.5. The van der Waals surface area contributed by atoms with Crippen LogP contribution in [0.3, 0.4) is 0 Å². The molecule has 0 aliphatic carbocycles. The maximum absolute atomic E-state index is 6.00. The number of rotatable bonds is 5. The van der Waals surface area contributed by atoms with Gasteiger partial charge in [-0.1, -0.05) is 48.0 Å². The molecule has 0 heterocycles. The molecule has 1 atom stereocenters. The third-order valence-electron chi connectivity index (χ3n) is 4.05. The molecule has 0 saturated heterocycles. The van der Waals surface area contributed by atoms with Crippen molar-refractivity contribution in [1.29, 1.82) is 0 Å². The molecular formula is C19H21BCl2. The van der Waals surface area contributed by atoms with Crippen LogP contribution in [0.25, 0.3) is 0 Å². The number of alkyl halides is 2. The highest BCUT2D eigenvalue weighted by Crippen LogP contribution is 2.37. The molecule has 114 valence electrons. The van der Waals surface area contributed by atoms with Gasteiger partial charge in [0.15, 0.2) is 0 Å². The van der Waals surface area contributed by atoms with E-state index in [9.17, 15) is 0 Å². The van der Waals surface area contributed by atoms with Gasteiger partial charge in [0.1, 0.15) is 7.85 Å². The van der Waals surface area contributed by atoms with Gasteiger partial charge < -0.3 is 0 Å². The minimum atomic E-state index is -1.18. The van der Waals surface area contributed by atoms with Gasteiger partial charge in [0.05, 0.1) is 4.23 Å². The van der Waals surface area contributed by atoms with Crippen LogP contribution in [0.1, 0.15) is 46.6 Å². The van der Waals surface area contributed by atoms with Crippen molar-refractivity contribution in [2.24, 2.45) is 0 Å². The molecule has 0 nitrogen and oxygen atoms in total. The number of hydrogen-bond acceptors (Lipinski definition) is 0. The normalized spacial score (nSPS) is 13.1. The molecule has 0 amide bonds. The third-order valence-corrected chi connectivity index (χ3v) is 4.43. The van der Waals surface area contributed by atoms with E-state index in [2.05, 4.69) is 57.2 Å². The molecule has 0 spiro atoms. The maximum atomic E-state index is 6.00. The van der Waals surface area contributed by atoms with Crippen LogP contribution in [0.2, 0.25) is 0 Å².